The lowest BCUT2D eigenvalue weighted by atomic mass is 9.86. The Balaban J connectivity index is 1.33. The maximum atomic E-state index is 11.9. The van der Waals surface area contributed by atoms with E-state index in [4.69, 9.17) is 9.47 Å². The van der Waals surface area contributed by atoms with Crippen molar-refractivity contribution in [2.24, 2.45) is 5.92 Å². The van der Waals surface area contributed by atoms with Gasteiger partial charge in [-0.25, -0.2) is 9.59 Å². The lowest BCUT2D eigenvalue weighted by Gasteiger charge is -2.29. The zero-order valence-electron chi connectivity index (χ0n) is 16.3. The second-order valence-corrected chi connectivity index (χ2v) is 7.62. The number of urea groups is 1. The van der Waals surface area contributed by atoms with E-state index in [9.17, 15) is 14.4 Å². The second kappa shape index (κ2) is 9.57. The van der Waals surface area contributed by atoms with Gasteiger partial charge in [0.25, 0.3) is 5.91 Å². The number of carbonyl (C=O) groups excluding carboxylic acids is 3. The summed E-state index contributed by atoms with van der Waals surface area (Å²) in [6.45, 7) is 1.30. The molecule has 7 heteroatoms. The summed E-state index contributed by atoms with van der Waals surface area (Å²) in [6, 6.07) is 5.32. The number of ether oxygens (including phenoxy) is 2. The number of hydrogen-bond donors (Lipinski definition) is 2. The minimum atomic E-state index is -0.660. The van der Waals surface area contributed by atoms with Gasteiger partial charge >= 0.3 is 12.0 Å². The van der Waals surface area contributed by atoms with Crippen molar-refractivity contribution in [3.8, 4) is 5.75 Å². The second-order valence-electron chi connectivity index (χ2n) is 7.62. The van der Waals surface area contributed by atoms with Gasteiger partial charge in [0, 0.05) is 6.04 Å². The Labute approximate surface area is 165 Å². The van der Waals surface area contributed by atoms with Crippen LogP contribution < -0.4 is 15.4 Å². The number of carbonyl (C=O) groups is 3. The Morgan fingerprint density at radius 2 is 1.82 bits per heavy atom. The van der Waals surface area contributed by atoms with Crippen LogP contribution in [0.3, 0.4) is 0 Å². The molecule has 7 nitrogen and oxygen atoms in total. The summed E-state index contributed by atoms with van der Waals surface area (Å²) in [5, 5.41) is 5.02. The molecule has 0 aliphatic heterocycles. The fourth-order valence-electron chi connectivity index (χ4n) is 3.87. The number of aryl methyl sites for hydroxylation is 2. The number of rotatable bonds is 6. The SMILES string of the molecule is C[C@@H]1CCCC[C@@H]1NC(=O)NC(=O)COC(=O)COc1ccc2c(c1)CCC2. The predicted molar refractivity (Wildman–Crippen MR) is 103 cm³/mol. The first kappa shape index (κ1) is 20.2. The lowest BCUT2D eigenvalue weighted by molar-refractivity contribution is -0.150. The van der Waals surface area contributed by atoms with Crippen molar-refractivity contribution in [1.82, 2.24) is 10.6 Å². The van der Waals surface area contributed by atoms with Gasteiger partial charge in [-0.2, -0.15) is 0 Å². The maximum absolute atomic E-state index is 11.9. The zero-order chi connectivity index (χ0) is 19.9. The fraction of sp³-hybridized carbons (Fsp3) is 0.571. The maximum Gasteiger partial charge on any atom is 0.344 e. The Morgan fingerprint density at radius 1 is 1.04 bits per heavy atom. The van der Waals surface area contributed by atoms with E-state index in [1.54, 1.807) is 0 Å². The molecule has 3 rings (SSSR count). The Kier molecular flexibility index (Phi) is 6.90. The van der Waals surface area contributed by atoms with E-state index < -0.39 is 24.5 Å². The van der Waals surface area contributed by atoms with E-state index in [0.717, 1.165) is 38.5 Å². The summed E-state index contributed by atoms with van der Waals surface area (Å²) in [4.78, 5) is 35.5. The number of amides is 3. The molecule has 28 heavy (non-hydrogen) atoms. The Hall–Kier alpha value is -2.57. The monoisotopic (exact) mass is 388 g/mol. The highest BCUT2D eigenvalue weighted by atomic mass is 16.6. The molecule has 0 spiro atoms. The third-order valence-corrected chi connectivity index (χ3v) is 5.47. The van der Waals surface area contributed by atoms with E-state index >= 15 is 0 Å². The van der Waals surface area contributed by atoms with Crippen LogP contribution in [0.25, 0.3) is 0 Å². The Morgan fingerprint density at radius 3 is 2.64 bits per heavy atom. The van der Waals surface area contributed by atoms with Gasteiger partial charge in [0.05, 0.1) is 0 Å². The first-order valence-corrected chi connectivity index (χ1v) is 10.0. The van der Waals surface area contributed by atoms with Gasteiger partial charge in [-0.05, 0) is 61.3 Å². The van der Waals surface area contributed by atoms with E-state index in [-0.39, 0.29) is 12.6 Å². The van der Waals surface area contributed by atoms with Crippen LogP contribution in [-0.2, 0) is 27.2 Å². The van der Waals surface area contributed by atoms with Gasteiger partial charge in [-0.3, -0.25) is 10.1 Å². The third-order valence-electron chi connectivity index (χ3n) is 5.47. The van der Waals surface area contributed by atoms with E-state index in [1.165, 1.54) is 17.5 Å². The van der Waals surface area contributed by atoms with Crippen molar-refractivity contribution in [1.29, 1.82) is 0 Å². The van der Waals surface area contributed by atoms with Crippen molar-refractivity contribution in [3.05, 3.63) is 29.3 Å². The number of benzene rings is 1. The van der Waals surface area contributed by atoms with Gasteiger partial charge in [-0.15, -0.1) is 0 Å². The number of esters is 1. The highest BCUT2D eigenvalue weighted by Gasteiger charge is 2.23. The minimum Gasteiger partial charge on any atom is -0.482 e. The number of fused-ring (bicyclic) bond motifs is 1. The standard InChI is InChI=1S/C21H28N2O5/c1-14-5-2-3-8-18(14)22-21(26)23-19(24)12-28-20(25)13-27-17-10-9-15-6-4-7-16(15)11-17/h9-11,14,18H,2-8,12-13H2,1H3,(H2,22,23,24,26)/t14-,18+/m1/s1. The van der Waals surface area contributed by atoms with Gasteiger partial charge in [0.1, 0.15) is 5.75 Å². The van der Waals surface area contributed by atoms with Gasteiger partial charge in [0.2, 0.25) is 0 Å². The fourth-order valence-corrected chi connectivity index (χ4v) is 3.87. The first-order chi connectivity index (χ1) is 13.5. The molecule has 1 saturated carbocycles. The molecule has 0 saturated heterocycles. The minimum absolute atomic E-state index is 0.0739. The van der Waals surface area contributed by atoms with Crippen molar-refractivity contribution in [3.63, 3.8) is 0 Å². The van der Waals surface area contributed by atoms with Crippen LogP contribution in [0.15, 0.2) is 18.2 Å². The van der Waals surface area contributed by atoms with E-state index in [1.807, 2.05) is 18.2 Å². The van der Waals surface area contributed by atoms with Crippen LogP contribution in [0, 0.1) is 5.92 Å². The van der Waals surface area contributed by atoms with Crippen LogP contribution in [-0.4, -0.2) is 37.2 Å². The Bertz CT molecular complexity index is 734. The number of imide groups is 1. The predicted octanol–water partition coefficient (Wildman–Crippen LogP) is 2.50. The molecule has 152 valence electrons. The molecule has 2 N–H and O–H groups in total. The first-order valence-electron chi connectivity index (χ1n) is 10.0. The molecule has 0 heterocycles. The smallest absolute Gasteiger partial charge is 0.344 e. The summed E-state index contributed by atoms with van der Waals surface area (Å²) in [5.74, 6) is -0.310. The van der Waals surface area contributed by atoms with Gasteiger partial charge in [0.15, 0.2) is 13.2 Å². The van der Waals surface area contributed by atoms with Crippen molar-refractivity contribution in [2.75, 3.05) is 13.2 Å². The number of hydrogen-bond acceptors (Lipinski definition) is 5. The lowest BCUT2D eigenvalue weighted by Crippen LogP contribution is -2.48. The molecule has 0 unspecified atom stereocenters. The van der Waals surface area contributed by atoms with Crippen LogP contribution in [0.5, 0.6) is 5.75 Å². The third kappa shape index (κ3) is 5.71. The molecule has 2 aliphatic rings. The molecule has 0 aromatic heterocycles. The number of nitrogens with one attached hydrogen (secondary N) is 2. The molecule has 1 fully saturated rings. The summed E-state index contributed by atoms with van der Waals surface area (Å²) in [7, 11) is 0. The molecule has 3 amide bonds. The quantitative estimate of drug-likeness (QED) is 0.731. The highest BCUT2D eigenvalue weighted by molar-refractivity contribution is 5.95. The van der Waals surface area contributed by atoms with Gasteiger partial charge in [-0.1, -0.05) is 25.8 Å². The normalized spacial score (nSPS) is 20.8. The molecule has 1 aromatic rings. The average Bonchev–Trinajstić information content (AvgIpc) is 3.14. The topological polar surface area (TPSA) is 93.7 Å². The summed E-state index contributed by atoms with van der Waals surface area (Å²) < 4.78 is 10.3. The van der Waals surface area contributed by atoms with Gasteiger partial charge < -0.3 is 14.8 Å². The zero-order valence-corrected chi connectivity index (χ0v) is 16.3. The largest absolute Gasteiger partial charge is 0.482 e. The summed E-state index contributed by atoms with van der Waals surface area (Å²) in [5.41, 5.74) is 2.58. The molecule has 2 atom stereocenters. The van der Waals surface area contributed by atoms with Crippen LogP contribution in [0.1, 0.15) is 50.2 Å². The molecular formula is C21H28N2O5. The molecule has 2 aliphatic carbocycles. The van der Waals surface area contributed by atoms with E-state index in [0.29, 0.717) is 11.7 Å². The molecular weight excluding hydrogens is 360 g/mol. The summed E-state index contributed by atoms with van der Waals surface area (Å²) in [6.07, 6.45) is 7.48. The molecule has 1 aromatic carbocycles. The van der Waals surface area contributed by atoms with Crippen molar-refractivity contribution >= 4 is 17.9 Å². The molecule has 0 bridgehead atoms. The van der Waals surface area contributed by atoms with Crippen molar-refractivity contribution in [2.45, 2.75) is 57.9 Å². The molecule has 0 radical (unpaired) electrons. The van der Waals surface area contributed by atoms with Crippen molar-refractivity contribution < 1.29 is 23.9 Å². The highest BCUT2D eigenvalue weighted by Crippen LogP contribution is 2.26. The van der Waals surface area contributed by atoms with E-state index in [2.05, 4.69) is 17.6 Å². The van der Waals surface area contributed by atoms with Crippen LogP contribution >= 0.6 is 0 Å². The van der Waals surface area contributed by atoms with Crippen LogP contribution in [0.4, 0.5) is 4.79 Å². The van der Waals surface area contributed by atoms with Crippen LogP contribution in [0.2, 0.25) is 0 Å². The average molecular weight is 388 g/mol. The summed E-state index contributed by atoms with van der Waals surface area (Å²) >= 11 is 0.